The summed E-state index contributed by atoms with van der Waals surface area (Å²) in [7, 11) is 0. The van der Waals surface area contributed by atoms with E-state index in [0.717, 1.165) is 57.2 Å². The number of anilines is 1. The number of nitrogens with zero attached hydrogens (tertiary/aromatic N) is 6. The van der Waals surface area contributed by atoms with Gasteiger partial charge >= 0.3 is 0 Å². The third-order valence-electron chi connectivity index (χ3n) is 3.59. The molecule has 3 heterocycles. The number of piperazine rings is 1. The van der Waals surface area contributed by atoms with E-state index in [1.54, 1.807) is 12.4 Å². The van der Waals surface area contributed by atoms with Crippen LogP contribution in [0.25, 0.3) is 0 Å². The molecule has 0 aliphatic carbocycles. The van der Waals surface area contributed by atoms with Crippen molar-refractivity contribution in [2.24, 2.45) is 0 Å². The zero-order valence-corrected chi connectivity index (χ0v) is 12.3. The summed E-state index contributed by atoms with van der Waals surface area (Å²) in [4.78, 5) is 17.5. The fraction of sp³-hybridized carbons (Fsp3) is 0.571. The second-order valence-corrected chi connectivity index (χ2v) is 5.18. The summed E-state index contributed by atoms with van der Waals surface area (Å²) < 4.78 is 5.29. The van der Waals surface area contributed by atoms with Gasteiger partial charge in [0.25, 0.3) is 0 Å². The zero-order valence-electron chi connectivity index (χ0n) is 12.3. The first kappa shape index (κ1) is 13.9. The molecule has 0 atom stereocenters. The highest BCUT2D eigenvalue weighted by atomic mass is 16.5. The maximum atomic E-state index is 5.29. The lowest BCUT2D eigenvalue weighted by molar-refractivity contribution is 0.215. The number of rotatable bonds is 5. The summed E-state index contributed by atoms with van der Waals surface area (Å²) in [5, 5.41) is 3.99. The summed E-state index contributed by atoms with van der Waals surface area (Å²) in [6.07, 6.45) is 7.16. The Hall–Kier alpha value is -2.02. The van der Waals surface area contributed by atoms with Crippen molar-refractivity contribution in [3.8, 4) is 0 Å². The summed E-state index contributed by atoms with van der Waals surface area (Å²) in [5.74, 6) is 2.47. The summed E-state index contributed by atoms with van der Waals surface area (Å²) in [6.45, 7) is 6.64. The molecule has 21 heavy (non-hydrogen) atoms. The third-order valence-corrected chi connectivity index (χ3v) is 3.59. The van der Waals surface area contributed by atoms with Crippen molar-refractivity contribution in [3.63, 3.8) is 0 Å². The number of aromatic nitrogens is 4. The van der Waals surface area contributed by atoms with E-state index in [2.05, 4.69) is 36.8 Å². The van der Waals surface area contributed by atoms with Gasteiger partial charge in [0.15, 0.2) is 5.82 Å². The first-order chi connectivity index (χ1) is 10.3. The van der Waals surface area contributed by atoms with Crippen molar-refractivity contribution in [1.29, 1.82) is 0 Å². The molecule has 1 fully saturated rings. The number of aryl methyl sites for hydroxylation is 1. The van der Waals surface area contributed by atoms with Crippen LogP contribution in [0.5, 0.6) is 0 Å². The van der Waals surface area contributed by atoms with Gasteiger partial charge in [-0.3, -0.25) is 9.88 Å². The van der Waals surface area contributed by atoms with Crippen molar-refractivity contribution in [3.05, 3.63) is 30.3 Å². The maximum Gasteiger partial charge on any atom is 0.240 e. The van der Waals surface area contributed by atoms with E-state index in [1.807, 2.05) is 6.20 Å². The molecule has 0 aromatic carbocycles. The van der Waals surface area contributed by atoms with Crippen LogP contribution in [0.15, 0.2) is 23.1 Å². The standard InChI is InChI=1S/C14H20N6O/c1-2-3-12-17-14(21-18-12)11-19-6-8-20(9-7-19)13-10-15-4-5-16-13/h4-5,10H,2-3,6-9,11H2,1H3. The molecule has 1 aliphatic heterocycles. The predicted molar refractivity (Wildman–Crippen MR) is 77.8 cm³/mol. The lowest BCUT2D eigenvalue weighted by atomic mass is 10.3. The van der Waals surface area contributed by atoms with Crippen LogP contribution in [0.1, 0.15) is 25.1 Å². The van der Waals surface area contributed by atoms with Gasteiger partial charge in [-0.1, -0.05) is 12.1 Å². The molecule has 2 aromatic rings. The van der Waals surface area contributed by atoms with Gasteiger partial charge in [0.1, 0.15) is 5.82 Å². The fourth-order valence-corrected chi connectivity index (χ4v) is 2.46. The molecule has 2 aromatic heterocycles. The Labute approximate surface area is 124 Å². The Kier molecular flexibility index (Phi) is 4.40. The first-order valence-corrected chi connectivity index (χ1v) is 7.40. The third kappa shape index (κ3) is 3.55. The van der Waals surface area contributed by atoms with E-state index in [9.17, 15) is 0 Å². The molecule has 0 bridgehead atoms. The van der Waals surface area contributed by atoms with Crippen molar-refractivity contribution >= 4 is 5.82 Å². The average Bonchev–Trinajstić information content (AvgIpc) is 2.97. The van der Waals surface area contributed by atoms with Crippen molar-refractivity contribution in [2.45, 2.75) is 26.3 Å². The molecule has 0 radical (unpaired) electrons. The summed E-state index contributed by atoms with van der Waals surface area (Å²) in [5.41, 5.74) is 0. The number of hydrogen-bond acceptors (Lipinski definition) is 7. The Morgan fingerprint density at radius 1 is 1.19 bits per heavy atom. The quantitative estimate of drug-likeness (QED) is 0.816. The SMILES string of the molecule is CCCc1noc(CN2CCN(c3cnccn3)CC2)n1. The zero-order chi connectivity index (χ0) is 14.5. The van der Waals surface area contributed by atoms with Crippen molar-refractivity contribution < 1.29 is 4.52 Å². The molecule has 0 saturated carbocycles. The maximum absolute atomic E-state index is 5.29. The van der Waals surface area contributed by atoms with Crippen molar-refractivity contribution in [2.75, 3.05) is 31.1 Å². The van der Waals surface area contributed by atoms with Gasteiger partial charge in [0.05, 0.1) is 12.7 Å². The van der Waals surface area contributed by atoms with E-state index >= 15 is 0 Å². The highest BCUT2D eigenvalue weighted by Gasteiger charge is 2.20. The molecule has 3 rings (SSSR count). The summed E-state index contributed by atoms with van der Waals surface area (Å²) >= 11 is 0. The highest BCUT2D eigenvalue weighted by Crippen LogP contribution is 2.13. The topological polar surface area (TPSA) is 71.2 Å². The van der Waals surface area contributed by atoms with Crippen LogP contribution in [-0.2, 0) is 13.0 Å². The molecule has 0 unspecified atom stereocenters. The minimum absolute atomic E-state index is 0.714. The Balaban J connectivity index is 1.51. The lowest BCUT2D eigenvalue weighted by Gasteiger charge is -2.34. The largest absolute Gasteiger partial charge is 0.353 e. The second kappa shape index (κ2) is 6.62. The molecule has 0 spiro atoms. The minimum Gasteiger partial charge on any atom is -0.353 e. The van der Waals surface area contributed by atoms with Crippen LogP contribution in [0, 0.1) is 0 Å². The molecule has 1 aliphatic rings. The fourth-order valence-electron chi connectivity index (χ4n) is 2.46. The van der Waals surface area contributed by atoms with Crippen LogP contribution in [-0.4, -0.2) is 51.2 Å². The Morgan fingerprint density at radius 3 is 2.76 bits per heavy atom. The average molecular weight is 288 g/mol. The van der Waals surface area contributed by atoms with Gasteiger partial charge in [0, 0.05) is 45.0 Å². The monoisotopic (exact) mass is 288 g/mol. The molecule has 0 amide bonds. The second-order valence-electron chi connectivity index (χ2n) is 5.18. The highest BCUT2D eigenvalue weighted by molar-refractivity contribution is 5.35. The minimum atomic E-state index is 0.714. The van der Waals surface area contributed by atoms with E-state index in [-0.39, 0.29) is 0 Å². The van der Waals surface area contributed by atoms with Gasteiger partial charge in [-0.2, -0.15) is 4.98 Å². The van der Waals surface area contributed by atoms with Crippen LogP contribution >= 0.6 is 0 Å². The Bertz CT molecular complexity index is 550. The van der Waals surface area contributed by atoms with Gasteiger partial charge in [0.2, 0.25) is 5.89 Å². The summed E-state index contributed by atoms with van der Waals surface area (Å²) in [6, 6.07) is 0. The van der Waals surface area contributed by atoms with Gasteiger partial charge in [-0.25, -0.2) is 4.98 Å². The van der Waals surface area contributed by atoms with Gasteiger partial charge < -0.3 is 9.42 Å². The molecule has 7 heteroatoms. The van der Waals surface area contributed by atoms with Crippen LogP contribution in [0.4, 0.5) is 5.82 Å². The molecule has 7 nitrogen and oxygen atoms in total. The first-order valence-electron chi connectivity index (χ1n) is 7.40. The van der Waals surface area contributed by atoms with Gasteiger partial charge in [-0.15, -0.1) is 0 Å². The van der Waals surface area contributed by atoms with E-state index in [4.69, 9.17) is 4.52 Å². The molecule has 112 valence electrons. The van der Waals surface area contributed by atoms with Crippen LogP contribution in [0.3, 0.4) is 0 Å². The lowest BCUT2D eigenvalue weighted by Crippen LogP contribution is -2.46. The smallest absolute Gasteiger partial charge is 0.240 e. The van der Waals surface area contributed by atoms with Crippen LogP contribution in [0.2, 0.25) is 0 Å². The predicted octanol–water partition coefficient (Wildman–Crippen LogP) is 1.13. The van der Waals surface area contributed by atoms with E-state index in [0.29, 0.717) is 5.89 Å². The number of hydrogen-bond donors (Lipinski definition) is 0. The molecule has 0 N–H and O–H groups in total. The molecular weight excluding hydrogens is 268 g/mol. The van der Waals surface area contributed by atoms with Crippen LogP contribution < -0.4 is 4.90 Å². The normalized spacial score (nSPS) is 16.3. The molecule has 1 saturated heterocycles. The van der Waals surface area contributed by atoms with E-state index in [1.165, 1.54) is 0 Å². The van der Waals surface area contributed by atoms with Crippen molar-refractivity contribution in [1.82, 2.24) is 25.0 Å². The molecular formula is C14H20N6O. The van der Waals surface area contributed by atoms with Gasteiger partial charge in [-0.05, 0) is 6.42 Å². The van der Waals surface area contributed by atoms with E-state index < -0.39 is 0 Å². The Morgan fingerprint density at radius 2 is 2.05 bits per heavy atom.